The molecule has 2 atom stereocenters. The van der Waals surface area contributed by atoms with E-state index in [0.717, 1.165) is 42.1 Å². The fraction of sp³-hybridized carbons (Fsp3) is 0.455. The van der Waals surface area contributed by atoms with Crippen molar-refractivity contribution in [1.29, 1.82) is 0 Å². The van der Waals surface area contributed by atoms with Crippen LogP contribution in [0.25, 0.3) is 0 Å². The Kier molecular flexibility index (Phi) is 7.51. The van der Waals surface area contributed by atoms with Crippen molar-refractivity contribution in [3.8, 4) is 11.5 Å². The molecule has 0 N–H and O–H groups in total. The van der Waals surface area contributed by atoms with E-state index in [1.54, 1.807) is 14.2 Å². The third-order valence-electron chi connectivity index (χ3n) is 4.71. The first-order valence-corrected chi connectivity index (χ1v) is 9.35. The van der Waals surface area contributed by atoms with Gasteiger partial charge in [-0.15, -0.1) is 0 Å². The van der Waals surface area contributed by atoms with Gasteiger partial charge >= 0.3 is 0 Å². The van der Waals surface area contributed by atoms with E-state index in [4.69, 9.17) is 23.7 Å². The summed E-state index contributed by atoms with van der Waals surface area (Å²) in [6.45, 7) is 2.40. The molecule has 1 aliphatic rings. The lowest BCUT2D eigenvalue weighted by atomic mass is 10.1. The zero-order chi connectivity index (χ0) is 18.9. The van der Waals surface area contributed by atoms with Crippen LogP contribution >= 0.6 is 0 Å². The van der Waals surface area contributed by atoms with Crippen molar-refractivity contribution in [2.75, 3.05) is 27.4 Å². The van der Waals surface area contributed by atoms with Crippen molar-refractivity contribution >= 4 is 0 Å². The van der Waals surface area contributed by atoms with Crippen LogP contribution in [-0.4, -0.2) is 39.6 Å². The fourth-order valence-corrected chi connectivity index (χ4v) is 3.10. The summed E-state index contributed by atoms with van der Waals surface area (Å²) in [7, 11) is 3.33. The summed E-state index contributed by atoms with van der Waals surface area (Å²) in [5.41, 5.74) is 2.24. The van der Waals surface area contributed by atoms with E-state index in [9.17, 15) is 0 Å². The summed E-state index contributed by atoms with van der Waals surface area (Å²) in [6.07, 6.45) is 2.03. The number of methoxy groups -OCH3 is 2. The lowest BCUT2D eigenvalue weighted by Crippen LogP contribution is -2.39. The largest absolute Gasteiger partial charge is 0.497 e. The zero-order valence-electron chi connectivity index (χ0n) is 16.1. The highest BCUT2D eigenvalue weighted by Gasteiger charge is 2.27. The van der Waals surface area contributed by atoms with Gasteiger partial charge in [0, 0.05) is 6.61 Å². The van der Waals surface area contributed by atoms with Crippen LogP contribution in [0.4, 0.5) is 0 Å². The molecule has 2 aromatic carbocycles. The van der Waals surface area contributed by atoms with Gasteiger partial charge in [-0.05, 0) is 48.2 Å². The van der Waals surface area contributed by atoms with Gasteiger partial charge in [0.2, 0.25) is 0 Å². The first kappa shape index (κ1) is 19.7. The van der Waals surface area contributed by atoms with E-state index in [-0.39, 0.29) is 12.2 Å². The number of ether oxygens (including phenoxy) is 5. The Balaban J connectivity index is 1.45. The molecule has 5 heteroatoms. The molecule has 1 fully saturated rings. The molecular formula is C22H28O5. The second-order valence-electron chi connectivity index (χ2n) is 6.61. The van der Waals surface area contributed by atoms with Crippen molar-refractivity contribution in [3.05, 3.63) is 59.7 Å². The molecule has 0 unspecified atom stereocenters. The summed E-state index contributed by atoms with van der Waals surface area (Å²) in [4.78, 5) is 0. The van der Waals surface area contributed by atoms with Crippen molar-refractivity contribution < 1.29 is 23.7 Å². The van der Waals surface area contributed by atoms with Crippen LogP contribution in [0, 0.1) is 0 Å². The predicted octanol–water partition coefficient (Wildman–Crippen LogP) is 3.98. The Morgan fingerprint density at radius 3 is 2.04 bits per heavy atom. The molecule has 27 heavy (non-hydrogen) atoms. The van der Waals surface area contributed by atoms with E-state index < -0.39 is 0 Å². The summed E-state index contributed by atoms with van der Waals surface area (Å²) in [6, 6.07) is 15.9. The number of rotatable bonds is 9. The van der Waals surface area contributed by atoms with Gasteiger partial charge in [-0.2, -0.15) is 0 Å². The lowest BCUT2D eigenvalue weighted by Gasteiger charge is -2.31. The topological polar surface area (TPSA) is 46.2 Å². The standard InChI is InChI=1S/C22H28O5/c1-23-19-9-5-17(6-10-19)14-25-16-22-21(4-3-13-26-22)27-15-18-7-11-20(24-2)12-8-18/h5-12,21-22H,3-4,13-16H2,1-2H3/t21-,22+/m0/s1. The smallest absolute Gasteiger partial charge is 0.118 e. The fourth-order valence-electron chi connectivity index (χ4n) is 3.10. The van der Waals surface area contributed by atoms with Crippen LogP contribution in [0.3, 0.4) is 0 Å². The van der Waals surface area contributed by atoms with E-state index >= 15 is 0 Å². The molecule has 1 saturated heterocycles. The molecule has 0 saturated carbocycles. The van der Waals surface area contributed by atoms with Crippen LogP contribution in [0.2, 0.25) is 0 Å². The van der Waals surface area contributed by atoms with Gasteiger partial charge in [0.1, 0.15) is 17.6 Å². The molecule has 3 rings (SSSR count). The summed E-state index contributed by atoms with van der Waals surface area (Å²) in [5.74, 6) is 1.70. The van der Waals surface area contributed by atoms with Gasteiger partial charge in [0.15, 0.2) is 0 Å². The highest BCUT2D eigenvalue weighted by Crippen LogP contribution is 2.21. The normalized spacial score (nSPS) is 19.6. The van der Waals surface area contributed by atoms with Gasteiger partial charge in [-0.3, -0.25) is 0 Å². The third-order valence-corrected chi connectivity index (χ3v) is 4.71. The molecule has 0 spiro atoms. The van der Waals surface area contributed by atoms with E-state index in [1.165, 1.54) is 0 Å². The minimum atomic E-state index is -0.0322. The molecule has 0 amide bonds. The Hall–Kier alpha value is -2.08. The Labute approximate surface area is 161 Å². The molecule has 1 heterocycles. The maximum Gasteiger partial charge on any atom is 0.118 e. The van der Waals surface area contributed by atoms with Crippen molar-refractivity contribution in [1.82, 2.24) is 0 Å². The first-order valence-electron chi connectivity index (χ1n) is 9.35. The maximum absolute atomic E-state index is 6.13. The molecule has 0 aromatic heterocycles. The number of hydrogen-bond acceptors (Lipinski definition) is 5. The van der Waals surface area contributed by atoms with Crippen LogP contribution < -0.4 is 9.47 Å². The highest BCUT2D eigenvalue weighted by molar-refractivity contribution is 5.27. The molecule has 1 aliphatic heterocycles. The average Bonchev–Trinajstić information content (AvgIpc) is 2.74. The van der Waals surface area contributed by atoms with E-state index in [0.29, 0.717) is 19.8 Å². The predicted molar refractivity (Wildman–Crippen MR) is 103 cm³/mol. The molecule has 2 aromatic rings. The lowest BCUT2D eigenvalue weighted by molar-refractivity contribution is -0.137. The number of hydrogen-bond donors (Lipinski definition) is 0. The quantitative estimate of drug-likeness (QED) is 0.666. The van der Waals surface area contributed by atoms with Gasteiger partial charge in [-0.1, -0.05) is 24.3 Å². The Bertz CT molecular complexity index is 668. The maximum atomic E-state index is 6.13. The van der Waals surface area contributed by atoms with Gasteiger partial charge in [-0.25, -0.2) is 0 Å². The third kappa shape index (κ3) is 5.96. The second-order valence-corrected chi connectivity index (χ2v) is 6.61. The van der Waals surface area contributed by atoms with Crippen molar-refractivity contribution in [2.24, 2.45) is 0 Å². The number of benzene rings is 2. The minimum Gasteiger partial charge on any atom is -0.497 e. The average molecular weight is 372 g/mol. The second kappa shape index (κ2) is 10.3. The molecule has 0 radical (unpaired) electrons. The van der Waals surface area contributed by atoms with Crippen molar-refractivity contribution in [3.63, 3.8) is 0 Å². The monoisotopic (exact) mass is 372 g/mol. The van der Waals surface area contributed by atoms with Crippen LogP contribution in [0.5, 0.6) is 11.5 Å². The van der Waals surface area contributed by atoms with Crippen LogP contribution in [-0.2, 0) is 27.4 Å². The molecular weight excluding hydrogens is 344 g/mol. The molecule has 0 bridgehead atoms. The first-order chi connectivity index (χ1) is 13.3. The molecule has 5 nitrogen and oxygen atoms in total. The van der Waals surface area contributed by atoms with Gasteiger partial charge in [0.05, 0.1) is 40.1 Å². The summed E-state index contributed by atoms with van der Waals surface area (Å²) >= 11 is 0. The van der Waals surface area contributed by atoms with Gasteiger partial charge < -0.3 is 23.7 Å². The van der Waals surface area contributed by atoms with Crippen molar-refractivity contribution in [2.45, 2.75) is 38.3 Å². The van der Waals surface area contributed by atoms with Gasteiger partial charge in [0.25, 0.3) is 0 Å². The van der Waals surface area contributed by atoms with E-state index in [1.807, 2.05) is 48.5 Å². The minimum absolute atomic E-state index is 0.0322. The molecule has 146 valence electrons. The highest BCUT2D eigenvalue weighted by atomic mass is 16.6. The Morgan fingerprint density at radius 2 is 1.44 bits per heavy atom. The summed E-state index contributed by atoms with van der Waals surface area (Å²) < 4.78 is 28.3. The van der Waals surface area contributed by atoms with Crippen LogP contribution in [0.1, 0.15) is 24.0 Å². The SMILES string of the molecule is COc1ccc(COC[C@H]2OCCC[C@@H]2OCc2ccc(OC)cc2)cc1. The molecule has 0 aliphatic carbocycles. The van der Waals surface area contributed by atoms with E-state index in [2.05, 4.69) is 0 Å². The summed E-state index contributed by atoms with van der Waals surface area (Å²) in [5, 5.41) is 0. The zero-order valence-corrected chi connectivity index (χ0v) is 16.1. The van der Waals surface area contributed by atoms with Crippen LogP contribution in [0.15, 0.2) is 48.5 Å². The Morgan fingerprint density at radius 1 is 0.852 bits per heavy atom.